The summed E-state index contributed by atoms with van der Waals surface area (Å²) in [6, 6.07) is 0. The van der Waals surface area contributed by atoms with Crippen molar-refractivity contribution in [2.45, 2.75) is 104 Å². The number of nitrogens with zero attached hydrogens (tertiary/aromatic N) is 2. The molecule has 304 valence electrons. The minimum Gasteiger partial charge on any atom is -0.457 e. The number of carbonyl (C=O) groups excluding carboxylic acids is 2. The summed E-state index contributed by atoms with van der Waals surface area (Å²) >= 11 is 0. The van der Waals surface area contributed by atoms with Crippen LogP contribution in [0.1, 0.15) is 87.1 Å². The monoisotopic (exact) mass is 774 g/mol. The van der Waals surface area contributed by atoms with Crippen molar-refractivity contribution in [3.8, 4) is 0 Å². The first-order valence-corrected chi connectivity index (χ1v) is 18.7. The number of esters is 2. The highest BCUT2D eigenvalue weighted by Gasteiger charge is 2.39. The Kier molecular flexibility index (Phi) is 18.4. The highest BCUT2D eigenvalue weighted by atomic mass is 16.6. The molecule has 56 heavy (non-hydrogen) atoms. The van der Waals surface area contributed by atoms with Crippen molar-refractivity contribution in [2.24, 2.45) is 10.8 Å². The highest BCUT2D eigenvalue weighted by Crippen LogP contribution is 2.33. The van der Waals surface area contributed by atoms with Crippen molar-refractivity contribution >= 4 is 11.9 Å². The molecule has 0 amide bonds. The summed E-state index contributed by atoms with van der Waals surface area (Å²) in [4.78, 5) is 35.3. The van der Waals surface area contributed by atoms with Crippen LogP contribution in [0, 0.1) is 10.8 Å². The van der Waals surface area contributed by atoms with E-state index in [9.17, 15) is 19.8 Å². The Morgan fingerprint density at radius 1 is 0.661 bits per heavy atom. The van der Waals surface area contributed by atoms with Crippen molar-refractivity contribution in [3.63, 3.8) is 0 Å². The molecular formula is C44H58N2O10. The van der Waals surface area contributed by atoms with Crippen LogP contribution in [0.15, 0.2) is 119 Å². The van der Waals surface area contributed by atoms with Gasteiger partial charge in [-0.2, -0.15) is 0 Å². The topological polar surface area (TPSA) is 164 Å². The second-order valence-corrected chi connectivity index (χ2v) is 14.4. The summed E-state index contributed by atoms with van der Waals surface area (Å²) in [5, 5.41) is 21.8. The molecule has 0 saturated carbocycles. The molecule has 0 saturated heterocycles. The van der Waals surface area contributed by atoms with E-state index in [1.54, 1.807) is 38.5 Å². The van der Waals surface area contributed by atoms with Gasteiger partial charge in [0.15, 0.2) is 23.2 Å². The molecule has 12 heteroatoms. The Hall–Kier alpha value is -4.88. The first-order valence-electron chi connectivity index (χ1n) is 18.7. The lowest BCUT2D eigenvalue weighted by atomic mass is 9.79. The number of hydrogen-bond donors (Lipinski definition) is 2. The van der Waals surface area contributed by atoms with Crippen LogP contribution < -0.4 is 0 Å². The molecule has 2 N–H and O–H groups in total. The largest absolute Gasteiger partial charge is 0.457 e. The first-order chi connectivity index (χ1) is 26.8. The smallest absolute Gasteiger partial charge is 0.360 e. The molecule has 0 aromatic carbocycles. The molecule has 0 aliphatic carbocycles. The van der Waals surface area contributed by atoms with Crippen LogP contribution in [-0.4, -0.2) is 83.0 Å². The second kappa shape index (κ2) is 22.6. The molecular weight excluding hydrogens is 716 g/mol. The van der Waals surface area contributed by atoms with Crippen molar-refractivity contribution in [1.29, 1.82) is 0 Å². The number of methoxy groups -OCH3 is 2. The standard InChI is InChI=1S/C44H58N2O10/c1-9-21-35(47)43(3,4)37-25-19-15-11-13-17-23-32(52-8)28-40-46-34(30-54-40)42(50)56-38(44(5,6)36(48)22-10-2)26-20-16-12-14-18-24-31(51-7)27-39-45-33(29-53-39)41(49)55-37/h9-24,29-32,35-38,47-48H,25-28H2,1-8H3/b13-11-,14-12-,19-15-,20-16-,21-9+,22-10+,23-17+,24-18+/t31-,32-,35-,36-,37-,38-/m0/s1. The quantitative estimate of drug-likeness (QED) is 0.200. The zero-order chi connectivity index (χ0) is 41.1. The lowest BCUT2D eigenvalue weighted by Gasteiger charge is -2.36. The molecule has 0 spiro atoms. The predicted octanol–water partition coefficient (Wildman–Crippen LogP) is 7.59. The maximum atomic E-state index is 13.3. The van der Waals surface area contributed by atoms with E-state index in [0.717, 1.165) is 0 Å². The Balaban J connectivity index is 1.93. The van der Waals surface area contributed by atoms with Crippen LogP contribution in [0.25, 0.3) is 0 Å². The summed E-state index contributed by atoms with van der Waals surface area (Å²) < 4.78 is 34.3. The molecule has 0 radical (unpaired) electrons. The van der Waals surface area contributed by atoms with Gasteiger partial charge in [-0.05, 0) is 13.8 Å². The van der Waals surface area contributed by atoms with Crippen LogP contribution in [0.2, 0.25) is 0 Å². The van der Waals surface area contributed by atoms with Gasteiger partial charge in [-0.25, -0.2) is 19.6 Å². The Morgan fingerprint density at radius 2 is 1.04 bits per heavy atom. The fourth-order valence-electron chi connectivity index (χ4n) is 5.62. The van der Waals surface area contributed by atoms with Gasteiger partial charge in [0.2, 0.25) is 0 Å². The van der Waals surface area contributed by atoms with Crippen molar-refractivity contribution in [1.82, 2.24) is 9.97 Å². The molecule has 6 atom stereocenters. The number of oxazole rings is 2. The maximum Gasteiger partial charge on any atom is 0.360 e. The van der Waals surface area contributed by atoms with Gasteiger partial charge < -0.3 is 38.0 Å². The molecule has 1 aliphatic heterocycles. The lowest BCUT2D eigenvalue weighted by molar-refractivity contribution is -0.0461. The number of aromatic nitrogens is 2. The Labute approximate surface area is 330 Å². The van der Waals surface area contributed by atoms with Crippen molar-refractivity contribution in [2.75, 3.05) is 14.2 Å². The van der Waals surface area contributed by atoms with Gasteiger partial charge in [-0.3, -0.25) is 0 Å². The minimum atomic E-state index is -0.880. The van der Waals surface area contributed by atoms with Crippen LogP contribution in [-0.2, 0) is 31.8 Å². The van der Waals surface area contributed by atoms with Crippen molar-refractivity contribution < 1.29 is 47.6 Å². The number of hydrogen-bond acceptors (Lipinski definition) is 12. The third-order valence-electron chi connectivity index (χ3n) is 9.60. The first kappa shape index (κ1) is 45.5. The number of aliphatic hydroxyl groups is 2. The number of ether oxygens (including phenoxy) is 4. The number of allylic oxidation sites excluding steroid dienone is 10. The summed E-state index contributed by atoms with van der Waals surface area (Å²) in [5.41, 5.74) is -1.66. The maximum absolute atomic E-state index is 13.3. The minimum absolute atomic E-state index is 0.0120. The SMILES string of the molecule is C/C=C/[C@H](O)C(C)(C)[C@@H]1C\C=C/C=C\C=C\[C@H](OC)Cc2nc(co2)C(=O)O[C@H](C(C)(C)[C@@H](O)/C=C/C)C\C=C/C=C\C=C\[C@H](OC)Cc2nc(co2)C(=O)O1. The molecule has 0 fully saturated rings. The number of rotatable bonds is 8. The average Bonchev–Trinajstić information content (AvgIpc) is 3.85. The summed E-state index contributed by atoms with van der Waals surface area (Å²) in [6.45, 7) is 11.0. The number of fused-ring (bicyclic) bond motifs is 4. The summed E-state index contributed by atoms with van der Waals surface area (Å²) in [5.74, 6) is -0.754. The van der Waals surface area contributed by atoms with E-state index in [0.29, 0.717) is 24.6 Å². The van der Waals surface area contributed by atoms with E-state index < -0.39 is 59.4 Å². The van der Waals surface area contributed by atoms with E-state index in [4.69, 9.17) is 27.8 Å². The van der Waals surface area contributed by atoms with E-state index >= 15 is 0 Å². The number of cyclic esters (lactones) is 2. The van der Waals surface area contributed by atoms with Gasteiger partial charge in [0.05, 0.1) is 37.3 Å². The molecule has 2 aromatic heterocycles. The number of aliphatic hydroxyl groups excluding tert-OH is 2. The molecule has 3 rings (SSSR count). The fraction of sp³-hybridized carbons (Fsp3) is 0.455. The third-order valence-corrected chi connectivity index (χ3v) is 9.60. The molecule has 4 bridgehead atoms. The fourth-order valence-corrected chi connectivity index (χ4v) is 5.62. The zero-order valence-electron chi connectivity index (χ0n) is 33.7. The van der Waals surface area contributed by atoms with Crippen LogP contribution >= 0.6 is 0 Å². The number of carbonyl (C=O) groups is 2. The lowest BCUT2D eigenvalue weighted by Crippen LogP contribution is -2.42. The van der Waals surface area contributed by atoms with Gasteiger partial charge in [-0.15, -0.1) is 0 Å². The van der Waals surface area contributed by atoms with Gasteiger partial charge in [0.25, 0.3) is 0 Å². The van der Waals surface area contributed by atoms with Gasteiger partial charge in [-0.1, -0.05) is 125 Å². The third kappa shape index (κ3) is 13.7. The van der Waals surface area contributed by atoms with Gasteiger partial charge in [0.1, 0.15) is 24.7 Å². The molecule has 0 unspecified atom stereocenters. The predicted molar refractivity (Wildman–Crippen MR) is 214 cm³/mol. The second-order valence-electron chi connectivity index (χ2n) is 14.4. The Bertz CT molecular complexity index is 1640. The van der Waals surface area contributed by atoms with E-state index in [1.807, 2.05) is 114 Å². The zero-order valence-corrected chi connectivity index (χ0v) is 33.7. The van der Waals surface area contributed by atoms with Crippen LogP contribution in [0.3, 0.4) is 0 Å². The normalized spacial score (nSPS) is 26.1. The van der Waals surface area contributed by atoms with Crippen LogP contribution in [0.4, 0.5) is 0 Å². The summed E-state index contributed by atoms with van der Waals surface area (Å²) in [7, 11) is 3.12. The van der Waals surface area contributed by atoms with Gasteiger partial charge in [0, 0.05) is 37.9 Å². The van der Waals surface area contributed by atoms with Gasteiger partial charge >= 0.3 is 11.9 Å². The molecule has 2 aromatic rings. The van der Waals surface area contributed by atoms with E-state index in [1.165, 1.54) is 12.5 Å². The molecule has 12 nitrogen and oxygen atoms in total. The Morgan fingerprint density at radius 3 is 1.39 bits per heavy atom. The van der Waals surface area contributed by atoms with E-state index in [2.05, 4.69) is 9.97 Å². The average molecular weight is 775 g/mol. The van der Waals surface area contributed by atoms with E-state index in [-0.39, 0.29) is 24.2 Å². The molecule has 1 aliphatic rings. The van der Waals surface area contributed by atoms with Crippen LogP contribution in [0.5, 0.6) is 0 Å². The van der Waals surface area contributed by atoms with Crippen molar-refractivity contribution in [3.05, 3.63) is 133 Å². The highest BCUT2D eigenvalue weighted by molar-refractivity contribution is 5.87. The molecule has 3 heterocycles. The summed E-state index contributed by atoms with van der Waals surface area (Å²) in [6.07, 6.45) is 28.4.